The van der Waals surface area contributed by atoms with E-state index in [4.69, 9.17) is 10.7 Å². The van der Waals surface area contributed by atoms with Crippen molar-refractivity contribution in [3.63, 3.8) is 0 Å². The highest BCUT2D eigenvalue weighted by Crippen LogP contribution is 2.24. The van der Waals surface area contributed by atoms with Crippen molar-refractivity contribution in [1.29, 1.82) is 0 Å². The van der Waals surface area contributed by atoms with Crippen LogP contribution in [0, 0.1) is 0 Å². The third-order valence-corrected chi connectivity index (χ3v) is 3.59. The van der Waals surface area contributed by atoms with Crippen LogP contribution in [0.5, 0.6) is 0 Å². The molecule has 0 bridgehead atoms. The summed E-state index contributed by atoms with van der Waals surface area (Å²) in [6, 6.07) is 7.34. The number of rotatable bonds is 2. The molecule has 0 aliphatic rings. The van der Waals surface area contributed by atoms with Crippen LogP contribution in [-0.2, 0) is 5.54 Å². The molecule has 2 N–H and O–H groups in total. The number of primary amides is 1. The number of amides is 1. The van der Waals surface area contributed by atoms with Crippen molar-refractivity contribution in [2.45, 2.75) is 40.2 Å². The zero-order chi connectivity index (χ0) is 16.5. The molecule has 0 saturated carbocycles. The Morgan fingerprint density at radius 1 is 1.18 bits per heavy atom. The molecule has 1 amide bonds. The van der Waals surface area contributed by atoms with E-state index in [1.54, 1.807) is 6.07 Å². The summed E-state index contributed by atoms with van der Waals surface area (Å²) in [5.74, 6) is 0.325. The fraction of sp³-hybridized carbons (Fsp3) is 0.333. The van der Waals surface area contributed by atoms with Crippen LogP contribution in [0.15, 0.2) is 24.3 Å². The summed E-state index contributed by atoms with van der Waals surface area (Å²) >= 11 is 0. The second-order valence-electron chi connectivity index (χ2n) is 6.20. The fourth-order valence-electron chi connectivity index (χ4n) is 2.69. The number of carbonyl (C=O) groups is 1. The van der Waals surface area contributed by atoms with Crippen LogP contribution in [0.3, 0.4) is 0 Å². The Kier molecular flexibility index (Phi) is 4.22. The molecule has 116 valence electrons. The van der Waals surface area contributed by atoms with E-state index in [0.29, 0.717) is 5.56 Å². The molecule has 2 rings (SSSR count). The predicted octanol–water partition coefficient (Wildman–Crippen LogP) is 2.00. The van der Waals surface area contributed by atoms with Crippen LogP contribution in [0.4, 0.5) is 0 Å². The lowest BCUT2D eigenvalue weighted by atomic mass is 10.0. The van der Waals surface area contributed by atoms with E-state index in [1.165, 1.54) is 0 Å². The van der Waals surface area contributed by atoms with Crippen molar-refractivity contribution in [2.24, 2.45) is 5.73 Å². The number of imidazole rings is 1. The Labute approximate surface area is 131 Å². The molecule has 0 fully saturated rings. The first kappa shape index (κ1) is 16.0. The molecule has 1 aromatic carbocycles. The van der Waals surface area contributed by atoms with Crippen LogP contribution in [0.25, 0.3) is 23.5 Å². The van der Waals surface area contributed by atoms with Gasteiger partial charge in [-0.2, -0.15) is 0 Å². The van der Waals surface area contributed by atoms with Crippen LogP contribution in [-0.4, -0.2) is 15.5 Å². The van der Waals surface area contributed by atoms with Gasteiger partial charge in [-0.1, -0.05) is 30.4 Å². The third kappa shape index (κ3) is 2.69. The molecule has 2 aromatic rings. The normalized spacial score (nSPS) is 13.7. The number of benzene rings is 1. The summed E-state index contributed by atoms with van der Waals surface area (Å²) in [4.78, 5) is 16.5. The Bertz CT molecular complexity index is 823. The highest BCUT2D eigenvalue weighted by Gasteiger charge is 2.23. The van der Waals surface area contributed by atoms with Crippen molar-refractivity contribution in [1.82, 2.24) is 9.55 Å². The predicted molar refractivity (Wildman–Crippen MR) is 90.7 cm³/mol. The van der Waals surface area contributed by atoms with E-state index in [0.717, 1.165) is 22.1 Å². The summed E-state index contributed by atoms with van der Waals surface area (Å²) < 4.78 is 2.16. The van der Waals surface area contributed by atoms with Gasteiger partial charge in [0.25, 0.3) is 0 Å². The van der Waals surface area contributed by atoms with E-state index in [1.807, 2.05) is 44.2 Å². The smallest absolute Gasteiger partial charge is 0.249 e. The van der Waals surface area contributed by atoms with Gasteiger partial charge in [-0.25, -0.2) is 4.98 Å². The summed E-state index contributed by atoms with van der Waals surface area (Å²) in [6.45, 7) is 10.3. The minimum atomic E-state index is -0.442. The summed E-state index contributed by atoms with van der Waals surface area (Å²) in [7, 11) is 0. The second-order valence-corrected chi connectivity index (χ2v) is 6.20. The summed E-state index contributed by atoms with van der Waals surface area (Å²) in [5, 5.41) is 1.95. The fourth-order valence-corrected chi connectivity index (χ4v) is 2.69. The van der Waals surface area contributed by atoms with Gasteiger partial charge in [0.1, 0.15) is 5.82 Å². The molecule has 22 heavy (non-hydrogen) atoms. The Balaban J connectivity index is 2.95. The molecule has 0 atom stereocenters. The molecule has 0 aliphatic carbocycles. The maximum absolute atomic E-state index is 11.8. The van der Waals surface area contributed by atoms with Crippen molar-refractivity contribution in [3.05, 3.63) is 40.5 Å². The SMILES string of the molecule is CC=c1nc(-c2ccccc2C(N)=O)n(C(C)(C)C)c1=CC. The average molecular weight is 297 g/mol. The molecule has 0 radical (unpaired) electrons. The van der Waals surface area contributed by atoms with Gasteiger partial charge in [-0.05, 0) is 40.7 Å². The molecule has 0 unspecified atom stereocenters. The average Bonchev–Trinajstić information content (AvgIpc) is 2.85. The van der Waals surface area contributed by atoms with Crippen LogP contribution < -0.4 is 16.4 Å². The minimum absolute atomic E-state index is 0.170. The monoisotopic (exact) mass is 297 g/mol. The van der Waals surface area contributed by atoms with E-state index >= 15 is 0 Å². The third-order valence-electron chi connectivity index (χ3n) is 3.59. The van der Waals surface area contributed by atoms with E-state index in [2.05, 4.69) is 25.3 Å². The van der Waals surface area contributed by atoms with E-state index in [-0.39, 0.29) is 5.54 Å². The zero-order valence-corrected chi connectivity index (χ0v) is 13.8. The van der Waals surface area contributed by atoms with E-state index in [9.17, 15) is 4.79 Å². The number of aromatic nitrogens is 2. The molecule has 1 heterocycles. The van der Waals surface area contributed by atoms with Crippen molar-refractivity contribution in [3.8, 4) is 11.4 Å². The molecular formula is C18H23N3O. The largest absolute Gasteiger partial charge is 0.366 e. The number of nitrogens with two attached hydrogens (primary N) is 1. The number of hydrogen-bond donors (Lipinski definition) is 1. The first-order valence-electron chi connectivity index (χ1n) is 7.42. The van der Waals surface area contributed by atoms with Gasteiger partial charge in [0, 0.05) is 11.1 Å². The highest BCUT2D eigenvalue weighted by molar-refractivity contribution is 5.99. The number of nitrogens with zero attached hydrogens (tertiary/aromatic N) is 2. The minimum Gasteiger partial charge on any atom is -0.366 e. The summed E-state index contributed by atoms with van der Waals surface area (Å²) in [6.07, 6.45) is 4.03. The Morgan fingerprint density at radius 2 is 1.82 bits per heavy atom. The Hall–Kier alpha value is -2.36. The molecule has 4 nitrogen and oxygen atoms in total. The lowest BCUT2D eigenvalue weighted by Crippen LogP contribution is -2.38. The lowest BCUT2D eigenvalue weighted by Gasteiger charge is -2.24. The maximum Gasteiger partial charge on any atom is 0.249 e. The van der Waals surface area contributed by atoms with Gasteiger partial charge < -0.3 is 10.3 Å². The van der Waals surface area contributed by atoms with Gasteiger partial charge in [0.05, 0.1) is 16.3 Å². The first-order chi connectivity index (χ1) is 10.3. The first-order valence-corrected chi connectivity index (χ1v) is 7.42. The Morgan fingerprint density at radius 3 is 2.32 bits per heavy atom. The molecule has 4 heteroatoms. The van der Waals surface area contributed by atoms with E-state index < -0.39 is 5.91 Å². The molecule has 0 saturated heterocycles. The van der Waals surface area contributed by atoms with Crippen LogP contribution in [0.2, 0.25) is 0 Å². The number of hydrogen-bond acceptors (Lipinski definition) is 2. The van der Waals surface area contributed by atoms with Crippen molar-refractivity contribution in [2.75, 3.05) is 0 Å². The second kappa shape index (κ2) is 5.79. The van der Waals surface area contributed by atoms with Crippen molar-refractivity contribution >= 4 is 18.1 Å². The van der Waals surface area contributed by atoms with Gasteiger partial charge in [-0.15, -0.1) is 0 Å². The topological polar surface area (TPSA) is 60.9 Å². The highest BCUT2D eigenvalue weighted by atomic mass is 16.1. The summed E-state index contributed by atoms with van der Waals surface area (Å²) in [5.41, 5.74) is 6.61. The molecule has 1 aromatic heterocycles. The van der Waals surface area contributed by atoms with Gasteiger partial charge in [0.15, 0.2) is 0 Å². The van der Waals surface area contributed by atoms with Gasteiger partial charge in [0.2, 0.25) is 5.91 Å². The lowest BCUT2D eigenvalue weighted by molar-refractivity contribution is 0.100. The van der Waals surface area contributed by atoms with Gasteiger partial charge in [-0.3, -0.25) is 4.79 Å². The zero-order valence-electron chi connectivity index (χ0n) is 13.8. The standard InChI is InChI=1S/C18H23N3O/c1-6-14-15(7-2)21(18(3,4)5)17(20-14)13-11-9-8-10-12(13)16(19)22/h6-11H,1-5H3,(H2,19,22). The van der Waals surface area contributed by atoms with Crippen LogP contribution >= 0.6 is 0 Å². The molecular weight excluding hydrogens is 274 g/mol. The quantitative estimate of drug-likeness (QED) is 0.921. The molecule has 0 spiro atoms. The number of carbonyl (C=O) groups excluding carboxylic acids is 1. The van der Waals surface area contributed by atoms with Gasteiger partial charge >= 0.3 is 0 Å². The molecule has 0 aliphatic heterocycles. The van der Waals surface area contributed by atoms with Crippen LogP contribution in [0.1, 0.15) is 45.0 Å². The maximum atomic E-state index is 11.8. The van der Waals surface area contributed by atoms with Crippen molar-refractivity contribution < 1.29 is 4.79 Å².